The lowest BCUT2D eigenvalue weighted by atomic mass is 10.1. The van der Waals surface area contributed by atoms with Crippen LogP contribution in [0.5, 0.6) is 0 Å². The molecule has 1 saturated heterocycles. The van der Waals surface area contributed by atoms with Crippen LogP contribution >= 0.6 is 0 Å². The van der Waals surface area contributed by atoms with E-state index in [1.165, 1.54) is 0 Å². The van der Waals surface area contributed by atoms with Crippen LogP contribution in [-0.4, -0.2) is 55.3 Å². The summed E-state index contributed by atoms with van der Waals surface area (Å²) in [6.45, 7) is 14.7. The molecule has 1 aliphatic heterocycles. The van der Waals surface area contributed by atoms with Crippen LogP contribution in [0.4, 0.5) is 10.6 Å². The number of likely N-dealkylation sites (tertiary alicyclic amines) is 1. The van der Waals surface area contributed by atoms with E-state index in [-0.39, 0.29) is 12.1 Å². The lowest BCUT2D eigenvalue weighted by Crippen LogP contribution is -2.44. The molecule has 0 radical (unpaired) electrons. The quantitative estimate of drug-likeness (QED) is 0.890. The van der Waals surface area contributed by atoms with Gasteiger partial charge in [-0.1, -0.05) is 6.58 Å². The third-order valence-electron chi connectivity index (χ3n) is 4.39. The molecule has 2 aromatic heterocycles. The van der Waals surface area contributed by atoms with Crippen LogP contribution in [0.25, 0.3) is 11.2 Å². The van der Waals surface area contributed by atoms with Gasteiger partial charge in [0.2, 0.25) is 0 Å². The first-order valence-corrected chi connectivity index (χ1v) is 9.27. The van der Waals surface area contributed by atoms with Gasteiger partial charge in [-0.05, 0) is 53.0 Å². The zero-order valence-electron chi connectivity index (χ0n) is 16.7. The molecule has 0 saturated carbocycles. The Hall–Kier alpha value is -2.64. The molecule has 2 aromatic rings. The monoisotopic (exact) mass is 372 g/mol. The summed E-state index contributed by atoms with van der Waals surface area (Å²) in [5, 5.41) is 7.93. The van der Waals surface area contributed by atoms with Gasteiger partial charge in [0.1, 0.15) is 11.4 Å². The molecule has 8 nitrogen and oxygen atoms in total. The van der Waals surface area contributed by atoms with Crippen molar-refractivity contribution in [3.05, 3.63) is 24.3 Å². The number of aryl methyl sites for hydroxylation is 1. The van der Waals surface area contributed by atoms with Crippen molar-refractivity contribution >= 4 is 23.1 Å². The standard InChI is InChI=1S/C19H28N6O2/c1-12(2)15-11-20-17-16(21-13(3)23-25(15)17)22-14-7-9-24(10-8-14)18(26)27-19(4,5)6/h11,14H,1,7-10H2,2-6H3,(H,21,22,23). The Morgan fingerprint density at radius 1 is 1.33 bits per heavy atom. The Labute approximate surface area is 159 Å². The normalized spacial score (nSPS) is 15.8. The summed E-state index contributed by atoms with van der Waals surface area (Å²) in [5.74, 6) is 1.38. The van der Waals surface area contributed by atoms with Crippen molar-refractivity contribution in [2.75, 3.05) is 18.4 Å². The number of piperidine rings is 1. The van der Waals surface area contributed by atoms with E-state index in [4.69, 9.17) is 4.74 Å². The maximum absolute atomic E-state index is 12.2. The Balaban J connectivity index is 1.69. The number of nitrogens with one attached hydrogen (secondary N) is 1. The molecule has 0 aromatic carbocycles. The SMILES string of the molecule is C=C(C)c1cnc2c(NC3CCN(C(=O)OC(C)(C)C)CC3)nc(C)nn12. The van der Waals surface area contributed by atoms with E-state index >= 15 is 0 Å². The summed E-state index contributed by atoms with van der Waals surface area (Å²) in [5.41, 5.74) is 1.99. The van der Waals surface area contributed by atoms with Crippen molar-refractivity contribution in [3.8, 4) is 0 Å². The number of carbonyl (C=O) groups is 1. The fourth-order valence-electron chi connectivity index (χ4n) is 3.10. The van der Waals surface area contributed by atoms with Crippen molar-refractivity contribution in [3.63, 3.8) is 0 Å². The van der Waals surface area contributed by atoms with E-state index in [2.05, 4.69) is 27.0 Å². The van der Waals surface area contributed by atoms with E-state index in [0.717, 1.165) is 24.1 Å². The van der Waals surface area contributed by atoms with Crippen LogP contribution in [0.1, 0.15) is 52.1 Å². The zero-order chi connectivity index (χ0) is 19.8. The largest absolute Gasteiger partial charge is 0.444 e. The molecular formula is C19H28N6O2. The number of amides is 1. The molecule has 27 heavy (non-hydrogen) atoms. The topological polar surface area (TPSA) is 84.7 Å². The van der Waals surface area contributed by atoms with Gasteiger partial charge in [0.05, 0.1) is 11.9 Å². The number of hydrogen-bond donors (Lipinski definition) is 1. The fourth-order valence-corrected chi connectivity index (χ4v) is 3.10. The highest BCUT2D eigenvalue weighted by molar-refractivity contribution is 5.69. The molecular weight excluding hydrogens is 344 g/mol. The molecule has 8 heteroatoms. The molecule has 1 N–H and O–H groups in total. The Morgan fingerprint density at radius 2 is 2.00 bits per heavy atom. The molecule has 0 atom stereocenters. The average molecular weight is 372 g/mol. The van der Waals surface area contributed by atoms with E-state index in [1.807, 2.05) is 34.6 Å². The molecule has 0 spiro atoms. The van der Waals surface area contributed by atoms with Gasteiger partial charge in [0.25, 0.3) is 0 Å². The van der Waals surface area contributed by atoms with Crippen molar-refractivity contribution in [2.45, 2.75) is 59.1 Å². The van der Waals surface area contributed by atoms with Crippen LogP contribution in [0.15, 0.2) is 12.8 Å². The zero-order valence-corrected chi connectivity index (χ0v) is 16.7. The first-order valence-electron chi connectivity index (χ1n) is 9.27. The second-order valence-corrected chi connectivity index (χ2v) is 8.05. The Bertz CT molecular complexity index is 859. The van der Waals surface area contributed by atoms with E-state index in [9.17, 15) is 4.79 Å². The number of fused-ring (bicyclic) bond motifs is 1. The van der Waals surface area contributed by atoms with Crippen LogP contribution < -0.4 is 5.32 Å². The molecule has 0 unspecified atom stereocenters. The molecule has 0 aliphatic carbocycles. The van der Waals surface area contributed by atoms with E-state index in [1.54, 1.807) is 15.6 Å². The maximum atomic E-state index is 12.2. The highest BCUT2D eigenvalue weighted by atomic mass is 16.6. The van der Waals surface area contributed by atoms with Crippen molar-refractivity contribution in [1.82, 2.24) is 24.5 Å². The third-order valence-corrected chi connectivity index (χ3v) is 4.39. The number of nitrogens with zero attached hydrogens (tertiary/aromatic N) is 5. The van der Waals surface area contributed by atoms with Gasteiger partial charge in [0, 0.05) is 19.1 Å². The minimum atomic E-state index is -0.474. The predicted octanol–water partition coefficient (Wildman–Crippen LogP) is 3.28. The first kappa shape index (κ1) is 19.1. The molecule has 3 rings (SSSR count). The number of ether oxygens (including phenoxy) is 1. The van der Waals surface area contributed by atoms with Crippen molar-refractivity contribution < 1.29 is 9.53 Å². The molecule has 1 aliphatic rings. The lowest BCUT2D eigenvalue weighted by molar-refractivity contribution is 0.0210. The number of anilines is 1. The smallest absolute Gasteiger partial charge is 0.410 e. The van der Waals surface area contributed by atoms with Gasteiger partial charge < -0.3 is 15.0 Å². The summed E-state index contributed by atoms with van der Waals surface area (Å²) >= 11 is 0. The molecule has 1 fully saturated rings. The summed E-state index contributed by atoms with van der Waals surface area (Å²) < 4.78 is 7.23. The van der Waals surface area contributed by atoms with Crippen LogP contribution in [0.2, 0.25) is 0 Å². The minimum absolute atomic E-state index is 0.215. The predicted molar refractivity (Wildman–Crippen MR) is 105 cm³/mol. The van der Waals surface area contributed by atoms with Crippen LogP contribution in [-0.2, 0) is 4.74 Å². The van der Waals surface area contributed by atoms with Gasteiger partial charge >= 0.3 is 6.09 Å². The maximum Gasteiger partial charge on any atom is 0.410 e. The minimum Gasteiger partial charge on any atom is -0.444 e. The number of rotatable bonds is 3. The lowest BCUT2D eigenvalue weighted by Gasteiger charge is -2.33. The number of imidazole rings is 1. The fraction of sp³-hybridized carbons (Fsp3) is 0.579. The van der Waals surface area contributed by atoms with Crippen LogP contribution in [0, 0.1) is 6.92 Å². The summed E-state index contributed by atoms with van der Waals surface area (Å²) in [4.78, 5) is 23.0. The molecule has 3 heterocycles. The molecule has 1 amide bonds. The van der Waals surface area contributed by atoms with Crippen molar-refractivity contribution in [2.24, 2.45) is 0 Å². The van der Waals surface area contributed by atoms with E-state index in [0.29, 0.717) is 30.4 Å². The second-order valence-electron chi connectivity index (χ2n) is 8.05. The Morgan fingerprint density at radius 3 is 2.59 bits per heavy atom. The highest BCUT2D eigenvalue weighted by Crippen LogP contribution is 2.22. The van der Waals surface area contributed by atoms with Crippen LogP contribution in [0.3, 0.4) is 0 Å². The van der Waals surface area contributed by atoms with Gasteiger partial charge in [-0.15, -0.1) is 0 Å². The average Bonchev–Trinajstić information content (AvgIpc) is 2.98. The Kier molecular flexibility index (Phi) is 5.08. The molecule has 146 valence electrons. The summed E-state index contributed by atoms with van der Waals surface area (Å²) in [6, 6.07) is 0.215. The third kappa shape index (κ3) is 4.37. The van der Waals surface area contributed by atoms with Gasteiger partial charge in [-0.25, -0.2) is 19.3 Å². The molecule has 0 bridgehead atoms. The number of allylic oxidation sites excluding steroid dienone is 1. The first-order chi connectivity index (χ1) is 12.6. The second kappa shape index (κ2) is 7.17. The van der Waals surface area contributed by atoms with Gasteiger partial charge in [-0.2, -0.15) is 5.10 Å². The van der Waals surface area contributed by atoms with E-state index < -0.39 is 5.60 Å². The van der Waals surface area contributed by atoms with Crippen molar-refractivity contribution in [1.29, 1.82) is 0 Å². The number of carbonyl (C=O) groups excluding carboxylic acids is 1. The summed E-state index contributed by atoms with van der Waals surface area (Å²) in [6.07, 6.45) is 3.16. The number of hydrogen-bond acceptors (Lipinski definition) is 6. The van der Waals surface area contributed by atoms with Gasteiger partial charge in [0.15, 0.2) is 11.5 Å². The highest BCUT2D eigenvalue weighted by Gasteiger charge is 2.27. The summed E-state index contributed by atoms with van der Waals surface area (Å²) in [7, 11) is 0. The number of aromatic nitrogens is 4. The van der Waals surface area contributed by atoms with Gasteiger partial charge in [-0.3, -0.25) is 0 Å².